The van der Waals surface area contributed by atoms with Crippen LogP contribution in [-0.4, -0.2) is 59.2 Å². The fourth-order valence-electron chi connectivity index (χ4n) is 3.55. The molecule has 3 aromatic rings. The van der Waals surface area contributed by atoms with E-state index >= 15 is 0 Å². The molecule has 4 rings (SSSR count). The van der Waals surface area contributed by atoms with Gasteiger partial charge >= 0.3 is 0 Å². The van der Waals surface area contributed by atoms with E-state index in [1.54, 1.807) is 6.07 Å². The van der Waals surface area contributed by atoms with Crippen molar-refractivity contribution in [3.05, 3.63) is 72.0 Å². The minimum Gasteiger partial charge on any atom is -0.497 e. The number of nitrogens with one attached hydrogen (secondary N) is 1. The number of morpholine rings is 1. The number of benzene rings is 3. The molecule has 1 aliphatic heterocycles. The minimum atomic E-state index is -3.84. The zero-order valence-corrected chi connectivity index (χ0v) is 20.5. The molecule has 190 valence electrons. The maximum atomic E-state index is 13.3. The van der Waals surface area contributed by atoms with E-state index in [0.29, 0.717) is 30.5 Å². The van der Waals surface area contributed by atoms with Crippen LogP contribution >= 0.6 is 0 Å². The second-order valence-electron chi connectivity index (χ2n) is 7.79. The van der Waals surface area contributed by atoms with Crippen molar-refractivity contribution in [2.75, 3.05) is 45.8 Å². The molecule has 1 saturated heterocycles. The molecule has 0 unspecified atom stereocenters. The predicted molar refractivity (Wildman–Crippen MR) is 130 cm³/mol. The zero-order chi connectivity index (χ0) is 25.7. The van der Waals surface area contributed by atoms with E-state index < -0.39 is 21.7 Å². The highest BCUT2D eigenvalue weighted by Gasteiger charge is 2.27. The van der Waals surface area contributed by atoms with Gasteiger partial charge < -0.3 is 24.3 Å². The summed E-state index contributed by atoms with van der Waals surface area (Å²) < 4.78 is 62.6. The van der Waals surface area contributed by atoms with Crippen molar-refractivity contribution >= 4 is 21.6 Å². The topological polar surface area (TPSA) is 103 Å². The molecule has 0 aromatic heterocycles. The van der Waals surface area contributed by atoms with Gasteiger partial charge in [-0.05, 0) is 54.6 Å². The third-order valence-corrected chi connectivity index (χ3v) is 7.36. The molecule has 3 aromatic carbocycles. The van der Waals surface area contributed by atoms with E-state index in [0.717, 1.165) is 0 Å². The number of rotatable bonds is 8. The summed E-state index contributed by atoms with van der Waals surface area (Å²) in [5, 5.41) is 2.72. The largest absolute Gasteiger partial charge is 0.497 e. The number of halogens is 1. The number of carbonyl (C=O) groups is 1. The number of anilines is 1. The maximum absolute atomic E-state index is 13.3. The Morgan fingerprint density at radius 3 is 2.17 bits per heavy atom. The Labute approximate surface area is 208 Å². The lowest BCUT2D eigenvalue weighted by Crippen LogP contribution is -2.40. The first-order valence-electron chi connectivity index (χ1n) is 11.0. The van der Waals surface area contributed by atoms with Gasteiger partial charge in [0.1, 0.15) is 23.1 Å². The summed E-state index contributed by atoms with van der Waals surface area (Å²) >= 11 is 0. The van der Waals surface area contributed by atoms with E-state index in [9.17, 15) is 17.6 Å². The molecule has 0 saturated carbocycles. The van der Waals surface area contributed by atoms with Gasteiger partial charge in [-0.15, -0.1) is 0 Å². The summed E-state index contributed by atoms with van der Waals surface area (Å²) in [5.74, 6) is 0.313. The van der Waals surface area contributed by atoms with Crippen LogP contribution in [0.2, 0.25) is 0 Å². The van der Waals surface area contributed by atoms with Gasteiger partial charge in [0.05, 0.1) is 38.0 Å². The average molecular weight is 517 g/mol. The van der Waals surface area contributed by atoms with Crippen molar-refractivity contribution in [1.29, 1.82) is 0 Å². The summed E-state index contributed by atoms with van der Waals surface area (Å²) in [6.07, 6.45) is 0. The van der Waals surface area contributed by atoms with Crippen LogP contribution in [0.15, 0.2) is 65.6 Å². The molecule has 1 amide bonds. The van der Waals surface area contributed by atoms with Crippen LogP contribution < -0.4 is 19.5 Å². The van der Waals surface area contributed by atoms with Gasteiger partial charge in [0.2, 0.25) is 10.0 Å². The van der Waals surface area contributed by atoms with Gasteiger partial charge in [0.25, 0.3) is 5.91 Å². The van der Waals surface area contributed by atoms with Crippen LogP contribution in [0.25, 0.3) is 0 Å². The van der Waals surface area contributed by atoms with Crippen molar-refractivity contribution in [2.45, 2.75) is 4.90 Å². The standard InChI is InChI=1S/C25H25FN2O7S/c1-32-20-13-17(14-21(15-20)33-2)25(29)27-23-16-22(36(30,31)28-9-11-34-12-10-28)7-8-24(23)35-19-5-3-18(26)4-6-19/h3-8,13-16H,9-12H2,1-2H3,(H,27,29). The van der Waals surface area contributed by atoms with E-state index in [-0.39, 0.29) is 35.0 Å². The van der Waals surface area contributed by atoms with Crippen LogP contribution in [0.4, 0.5) is 10.1 Å². The molecule has 0 bridgehead atoms. The van der Waals surface area contributed by atoms with Gasteiger partial charge in [0.15, 0.2) is 5.75 Å². The van der Waals surface area contributed by atoms with Crippen molar-refractivity contribution in [3.8, 4) is 23.0 Å². The summed E-state index contributed by atoms with van der Waals surface area (Å²) in [4.78, 5) is 13.1. The molecule has 0 aliphatic carbocycles. The number of sulfonamides is 1. The van der Waals surface area contributed by atoms with Crippen molar-refractivity contribution in [1.82, 2.24) is 4.31 Å². The Morgan fingerprint density at radius 1 is 0.917 bits per heavy atom. The van der Waals surface area contributed by atoms with Gasteiger partial charge in [-0.1, -0.05) is 0 Å². The first-order chi connectivity index (χ1) is 17.3. The molecule has 36 heavy (non-hydrogen) atoms. The lowest BCUT2D eigenvalue weighted by atomic mass is 10.1. The van der Waals surface area contributed by atoms with Crippen LogP contribution in [0.3, 0.4) is 0 Å². The Balaban J connectivity index is 1.71. The lowest BCUT2D eigenvalue weighted by molar-refractivity contribution is 0.0730. The van der Waals surface area contributed by atoms with E-state index in [4.69, 9.17) is 18.9 Å². The SMILES string of the molecule is COc1cc(OC)cc(C(=O)Nc2cc(S(=O)(=O)N3CCOCC3)ccc2Oc2ccc(F)cc2)c1. The summed E-state index contributed by atoms with van der Waals surface area (Å²) in [7, 11) is -0.918. The Hall–Kier alpha value is -3.67. The van der Waals surface area contributed by atoms with Crippen LogP contribution in [-0.2, 0) is 14.8 Å². The first kappa shape index (κ1) is 25.4. The number of ether oxygens (including phenoxy) is 4. The quantitative estimate of drug-likeness (QED) is 0.484. The van der Waals surface area contributed by atoms with Gasteiger partial charge in [-0.3, -0.25) is 4.79 Å². The molecule has 1 heterocycles. The summed E-state index contributed by atoms with van der Waals surface area (Å²) in [6, 6.07) is 14.1. The number of amides is 1. The van der Waals surface area contributed by atoms with E-state index in [1.807, 2.05) is 0 Å². The lowest BCUT2D eigenvalue weighted by Gasteiger charge is -2.26. The first-order valence-corrected chi connectivity index (χ1v) is 12.4. The van der Waals surface area contributed by atoms with Crippen molar-refractivity contribution in [3.63, 3.8) is 0 Å². The molecule has 0 spiro atoms. The van der Waals surface area contributed by atoms with Gasteiger partial charge in [-0.25, -0.2) is 12.8 Å². The smallest absolute Gasteiger partial charge is 0.256 e. The van der Waals surface area contributed by atoms with Gasteiger partial charge in [0, 0.05) is 24.7 Å². The highest BCUT2D eigenvalue weighted by atomic mass is 32.2. The third-order valence-electron chi connectivity index (χ3n) is 5.46. The van der Waals surface area contributed by atoms with E-state index in [1.165, 1.54) is 73.1 Å². The van der Waals surface area contributed by atoms with Crippen LogP contribution in [0, 0.1) is 5.82 Å². The molecule has 0 radical (unpaired) electrons. The molecule has 0 atom stereocenters. The Bertz CT molecular complexity index is 1320. The summed E-state index contributed by atoms with van der Waals surface area (Å²) in [5.41, 5.74) is 0.334. The molecular formula is C25H25FN2O7S. The number of carbonyl (C=O) groups excluding carboxylic acids is 1. The summed E-state index contributed by atoms with van der Waals surface area (Å²) in [6.45, 7) is 1.04. The highest BCUT2D eigenvalue weighted by molar-refractivity contribution is 7.89. The number of hydrogen-bond acceptors (Lipinski definition) is 7. The second kappa shape index (κ2) is 10.9. The minimum absolute atomic E-state index is 0.0191. The third kappa shape index (κ3) is 5.76. The van der Waals surface area contributed by atoms with Crippen LogP contribution in [0.5, 0.6) is 23.0 Å². The van der Waals surface area contributed by atoms with Crippen LogP contribution in [0.1, 0.15) is 10.4 Å². The number of nitrogens with zero attached hydrogens (tertiary/aromatic N) is 1. The molecule has 9 nitrogen and oxygen atoms in total. The van der Waals surface area contributed by atoms with Crippen molar-refractivity contribution < 1.29 is 36.6 Å². The average Bonchev–Trinajstić information content (AvgIpc) is 2.90. The molecular weight excluding hydrogens is 491 g/mol. The fraction of sp³-hybridized carbons (Fsp3) is 0.240. The monoisotopic (exact) mass is 516 g/mol. The van der Waals surface area contributed by atoms with E-state index in [2.05, 4.69) is 5.32 Å². The molecule has 1 aliphatic rings. The predicted octanol–water partition coefficient (Wildman–Crippen LogP) is 3.91. The zero-order valence-electron chi connectivity index (χ0n) is 19.7. The molecule has 1 N–H and O–H groups in total. The highest BCUT2D eigenvalue weighted by Crippen LogP contribution is 2.34. The van der Waals surface area contributed by atoms with Crippen molar-refractivity contribution in [2.24, 2.45) is 0 Å². The fourth-order valence-corrected chi connectivity index (χ4v) is 4.99. The number of hydrogen-bond donors (Lipinski definition) is 1. The Morgan fingerprint density at radius 2 is 1.56 bits per heavy atom. The molecule has 1 fully saturated rings. The maximum Gasteiger partial charge on any atom is 0.256 e. The number of methoxy groups -OCH3 is 2. The second-order valence-corrected chi connectivity index (χ2v) is 9.72. The Kier molecular flexibility index (Phi) is 7.73. The van der Waals surface area contributed by atoms with Gasteiger partial charge in [-0.2, -0.15) is 4.31 Å². The normalized spacial score (nSPS) is 14.2. The molecule has 11 heteroatoms.